The topological polar surface area (TPSA) is 98.2 Å². The van der Waals surface area contributed by atoms with Gasteiger partial charge in [-0.3, -0.25) is 4.79 Å². The van der Waals surface area contributed by atoms with Crippen LogP contribution in [0.2, 0.25) is 0 Å². The largest absolute Gasteiger partial charge is 0.366 e. The van der Waals surface area contributed by atoms with Crippen LogP contribution in [0.1, 0.15) is 41.4 Å². The van der Waals surface area contributed by atoms with Crippen molar-refractivity contribution in [3.63, 3.8) is 0 Å². The fraction of sp³-hybridized carbons (Fsp3) is 0.368. The number of aryl methyl sites for hydroxylation is 2. The number of benzene rings is 1. The fourth-order valence-electron chi connectivity index (χ4n) is 3.43. The zero-order valence-electron chi connectivity index (χ0n) is 14.9. The molecule has 2 heterocycles. The highest BCUT2D eigenvalue weighted by atomic mass is 16.1. The molecule has 3 aromatic rings. The highest BCUT2D eigenvalue weighted by Gasteiger charge is 2.33. The summed E-state index contributed by atoms with van der Waals surface area (Å²) in [6.07, 6.45) is 2.57. The lowest BCUT2D eigenvalue weighted by Crippen LogP contribution is -2.31. The molecule has 1 fully saturated rings. The van der Waals surface area contributed by atoms with E-state index < -0.39 is 0 Å². The third kappa shape index (κ3) is 3.12. The summed E-state index contributed by atoms with van der Waals surface area (Å²) < 4.78 is 1.60. The first kappa shape index (κ1) is 16.5. The fourth-order valence-corrected chi connectivity index (χ4v) is 3.43. The second kappa shape index (κ2) is 6.40. The van der Waals surface area contributed by atoms with Crippen molar-refractivity contribution in [1.82, 2.24) is 24.9 Å². The van der Waals surface area contributed by atoms with Crippen molar-refractivity contribution in [3.8, 4) is 0 Å². The molecule has 4 rings (SSSR count). The number of amides is 1. The number of carbonyl (C=O) groups excluding carboxylic acids is 1. The maximum Gasteiger partial charge on any atom is 0.254 e. The van der Waals surface area contributed by atoms with Gasteiger partial charge in [-0.1, -0.05) is 30.3 Å². The summed E-state index contributed by atoms with van der Waals surface area (Å²) in [7, 11) is 0. The number of nitrogens with zero attached hydrogens (tertiary/aromatic N) is 4. The van der Waals surface area contributed by atoms with Gasteiger partial charge in [-0.15, -0.1) is 5.10 Å². The van der Waals surface area contributed by atoms with Gasteiger partial charge < -0.3 is 11.1 Å². The van der Waals surface area contributed by atoms with Gasteiger partial charge >= 0.3 is 0 Å². The maximum atomic E-state index is 12.8. The number of nitrogens with two attached hydrogens (primary N) is 1. The Morgan fingerprint density at radius 1 is 1.27 bits per heavy atom. The summed E-state index contributed by atoms with van der Waals surface area (Å²) >= 11 is 0. The van der Waals surface area contributed by atoms with Crippen molar-refractivity contribution in [2.45, 2.75) is 39.2 Å². The van der Waals surface area contributed by atoms with Crippen LogP contribution in [-0.4, -0.2) is 25.5 Å². The van der Waals surface area contributed by atoms with Gasteiger partial charge in [0.2, 0.25) is 11.9 Å². The van der Waals surface area contributed by atoms with Crippen LogP contribution >= 0.6 is 0 Å². The van der Waals surface area contributed by atoms with Gasteiger partial charge in [-0.2, -0.15) is 9.50 Å². The van der Waals surface area contributed by atoms with Crippen molar-refractivity contribution < 1.29 is 4.79 Å². The number of carbonyl (C=O) groups is 1. The standard InChI is InChI=1S/C19H22N6O/c1-11-15(12(2)25-19(21-11)23-18(20)24-25)10-16(26)22-17(14-8-9-14)13-6-4-3-5-7-13/h3-7,14,17H,8-10H2,1-2H3,(H2,20,24)(H,22,26). The average Bonchev–Trinajstić information content (AvgIpc) is 3.39. The minimum Gasteiger partial charge on any atom is -0.366 e. The van der Waals surface area contributed by atoms with E-state index in [0.29, 0.717) is 11.7 Å². The van der Waals surface area contributed by atoms with E-state index in [1.165, 1.54) is 0 Å². The molecule has 134 valence electrons. The third-order valence-electron chi connectivity index (χ3n) is 4.97. The first-order valence-electron chi connectivity index (χ1n) is 8.85. The molecule has 0 saturated heterocycles. The van der Waals surface area contributed by atoms with E-state index in [2.05, 4.69) is 32.5 Å². The van der Waals surface area contributed by atoms with Crippen molar-refractivity contribution in [2.75, 3.05) is 5.73 Å². The molecule has 7 nitrogen and oxygen atoms in total. The lowest BCUT2D eigenvalue weighted by atomic mass is 10.0. The molecule has 1 unspecified atom stereocenters. The van der Waals surface area contributed by atoms with E-state index in [1.807, 2.05) is 32.0 Å². The highest BCUT2D eigenvalue weighted by molar-refractivity contribution is 5.79. The Labute approximate surface area is 151 Å². The molecule has 7 heteroatoms. The molecular weight excluding hydrogens is 328 g/mol. The number of hydrogen-bond acceptors (Lipinski definition) is 5. The minimum absolute atomic E-state index is 0.00816. The normalized spacial score (nSPS) is 15.2. The van der Waals surface area contributed by atoms with E-state index >= 15 is 0 Å². The molecule has 1 amide bonds. The summed E-state index contributed by atoms with van der Waals surface area (Å²) in [6, 6.07) is 10.2. The van der Waals surface area contributed by atoms with Crippen molar-refractivity contribution in [1.29, 1.82) is 0 Å². The second-order valence-corrected chi connectivity index (χ2v) is 6.91. The highest BCUT2D eigenvalue weighted by Crippen LogP contribution is 2.41. The Balaban J connectivity index is 1.57. The number of nitrogen functional groups attached to an aromatic ring is 1. The second-order valence-electron chi connectivity index (χ2n) is 6.91. The summed E-state index contributed by atoms with van der Waals surface area (Å²) in [5, 5.41) is 7.37. The van der Waals surface area contributed by atoms with Gasteiger partial charge in [-0.05, 0) is 38.2 Å². The first-order valence-corrected chi connectivity index (χ1v) is 8.85. The van der Waals surface area contributed by atoms with E-state index in [-0.39, 0.29) is 24.3 Å². The molecule has 1 atom stereocenters. The van der Waals surface area contributed by atoms with Crippen molar-refractivity contribution >= 4 is 17.6 Å². The maximum absolute atomic E-state index is 12.8. The van der Waals surface area contributed by atoms with Crippen LogP contribution in [0, 0.1) is 19.8 Å². The van der Waals surface area contributed by atoms with E-state index in [0.717, 1.165) is 35.4 Å². The summed E-state index contributed by atoms with van der Waals surface area (Å²) in [6.45, 7) is 3.80. The van der Waals surface area contributed by atoms with Crippen LogP contribution in [0.15, 0.2) is 30.3 Å². The van der Waals surface area contributed by atoms with E-state index in [4.69, 9.17) is 5.73 Å². The van der Waals surface area contributed by atoms with Crippen LogP contribution in [0.3, 0.4) is 0 Å². The average molecular weight is 350 g/mol. The number of aromatic nitrogens is 4. The number of anilines is 1. The third-order valence-corrected chi connectivity index (χ3v) is 4.97. The molecule has 1 saturated carbocycles. The SMILES string of the molecule is Cc1nc2nc(N)nn2c(C)c1CC(=O)NC(c1ccccc1)C1CC1. The van der Waals surface area contributed by atoms with Crippen molar-refractivity contribution in [3.05, 3.63) is 52.8 Å². The Morgan fingerprint density at radius 3 is 2.69 bits per heavy atom. The van der Waals surface area contributed by atoms with Crippen LogP contribution in [-0.2, 0) is 11.2 Å². The number of nitrogens with one attached hydrogen (secondary N) is 1. The zero-order chi connectivity index (χ0) is 18.3. The first-order chi connectivity index (χ1) is 12.5. The zero-order valence-corrected chi connectivity index (χ0v) is 14.9. The van der Waals surface area contributed by atoms with Gasteiger partial charge in [0.25, 0.3) is 5.78 Å². The van der Waals surface area contributed by atoms with E-state index in [1.54, 1.807) is 4.52 Å². The number of fused-ring (bicyclic) bond motifs is 1. The molecule has 26 heavy (non-hydrogen) atoms. The lowest BCUT2D eigenvalue weighted by molar-refractivity contribution is -0.121. The molecule has 0 aliphatic heterocycles. The monoisotopic (exact) mass is 350 g/mol. The lowest BCUT2D eigenvalue weighted by Gasteiger charge is -2.19. The Hall–Kier alpha value is -2.96. The van der Waals surface area contributed by atoms with Crippen LogP contribution in [0.4, 0.5) is 5.95 Å². The van der Waals surface area contributed by atoms with Crippen LogP contribution in [0.25, 0.3) is 5.78 Å². The minimum atomic E-state index is -0.00816. The van der Waals surface area contributed by atoms with Crippen molar-refractivity contribution in [2.24, 2.45) is 5.92 Å². The molecule has 1 aromatic carbocycles. The summed E-state index contributed by atoms with van der Waals surface area (Å²) in [5.74, 6) is 1.16. The summed E-state index contributed by atoms with van der Waals surface area (Å²) in [4.78, 5) is 21.3. The quantitative estimate of drug-likeness (QED) is 0.734. The molecule has 0 radical (unpaired) electrons. The predicted octanol–water partition coefficient (Wildman–Crippen LogP) is 2.13. The molecule has 0 spiro atoms. The molecule has 3 N–H and O–H groups in total. The van der Waals surface area contributed by atoms with Gasteiger partial charge in [-0.25, -0.2) is 4.98 Å². The Bertz CT molecular complexity index is 961. The molecule has 0 bridgehead atoms. The van der Waals surface area contributed by atoms with Gasteiger partial charge in [0.1, 0.15) is 0 Å². The predicted molar refractivity (Wildman–Crippen MR) is 98.4 cm³/mol. The van der Waals surface area contributed by atoms with E-state index in [9.17, 15) is 4.79 Å². The van der Waals surface area contributed by atoms with Crippen LogP contribution < -0.4 is 11.1 Å². The molecule has 1 aliphatic rings. The molecular formula is C19H22N6O. The number of rotatable bonds is 5. The Kier molecular flexibility index (Phi) is 4.06. The Morgan fingerprint density at radius 2 is 2.00 bits per heavy atom. The van der Waals surface area contributed by atoms with Gasteiger partial charge in [0.05, 0.1) is 12.5 Å². The van der Waals surface area contributed by atoms with Gasteiger partial charge in [0, 0.05) is 17.0 Å². The molecule has 1 aliphatic carbocycles. The summed E-state index contributed by atoms with van der Waals surface area (Å²) in [5.41, 5.74) is 9.31. The molecule has 2 aromatic heterocycles. The smallest absolute Gasteiger partial charge is 0.254 e. The number of hydrogen-bond donors (Lipinski definition) is 2. The van der Waals surface area contributed by atoms with Crippen LogP contribution in [0.5, 0.6) is 0 Å². The van der Waals surface area contributed by atoms with Gasteiger partial charge in [0.15, 0.2) is 0 Å².